The van der Waals surface area contributed by atoms with E-state index < -0.39 is 9.84 Å². The van der Waals surface area contributed by atoms with E-state index in [4.69, 9.17) is 16.0 Å². The van der Waals surface area contributed by atoms with Gasteiger partial charge in [-0.25, -0.2) is 8.42 Å². The van der Waals surface area contributed by atoms with Gasteiger partial charge >= 0.3 is 0 Å². The van der Waals surface area contributed by atoms with Gasteiger partial charge in [0.1, 0.15) is 10.1 Å². The summed E-state index contributed by atoms with van der Waals surface area (Å²) in [6, 6.07) is 11.3. The highest BCUT2D eigenvalue weighted by atomic mass is 35.5. The van der Waals surface area contributed by atoms with Crippen LogP contribution in [0.5, 0.6) is 0 Å². The van der Waals surface area contributed by atoms with E-state index in [0.29, 0.717) is 5.76 Å². The molecule has 2 rings (SSSR count). The highest BCUT2D eigenvalue weighted by Crippen LogP contribution is 2.24. The van der Waals surface area contributed by atoms with Crippen molar-refractivity contribution < 1.29 is 12.8 Å². The first-order valence-corrected chi connectivity index (χ1v) is 6.67. The molecule has 17 heavy (non-hydrogen) atoms. The standard InChI is InChI=1S/C12H9ClO3S/c13-12(9-10-5-4-8-16-10)17(14,15)11-6-2-1-3-7-11/h1-9H/b12-9-. The third kappa shape index (κ3) is 2.60. The van der Waals surface area contributed by atoms with Crippen molar-refractivity contribution in [2.75, 3.05) is 0 Å². The number of furan rings is 1. The van der Waals surface area contributed by atoms with Crippen LogP contribution in [-0.2, 0) is 9.84 Å². The van der Waals surface area contributed by atoms with Gasteiger partial charge in [0.2, 0.25) is 9.84 Å². The third-order valence-corrected chi connectivity index (χ3v) is 4.35. The average Bonchev–Trinajstić information content (AvgIpc) is 2.83. The maximum absolute atomic E-state index is 12.0. The highest BCUT2D eigenvalue weighted by molar-refractivity contribution is 7.97. The van der Waals surface area contributed by atoms with Gasteiger partial charge in [-0.2, -0.15) is 0 Å². The lowest BCUT2D eigenvalue weighted by Crippen LogP contribution is -2.00. The quantitative estimate of drug-likeness (QED) is 0.858. The maximum atomic E-state index is 12.0. The average molecular weight is 269 g/mol. The Balaban J connectivity index is 2.41. The Bertz CT molecular complexity index is 613. The Hall–Kier alpha value is -1.52. The highest BCUT2D eigenvalue weighted by Gasteiger charge is 2.18. The van der Waals surface area contributed by atoms with E-state index in [2.05, 4.69) is 0 Å². The van der Waals surface area contributed by atoms with E-state index in [-0.39, 0.29) is 9.26 Å². The molecule has 0 spiro atoms. The number of rotatable bonds is 3. The van der Waals surface area contributed by atoms with Gasteiger partial charge in [0, 0.05) is 6.08 Å². The lowest BCUT2D eigenvalue weighted by Gasteiger charge is -2.01. The van der Waals surface area contributed by atoms with Crippen molar-refractivity contribution in [1.82, 2.24) is 0 Å². The normalized spacial score (nSPS) is 12.6. The summed E-state index contributed by atoms with van der Waals surface area (Å²) in [5.41, 5.74) is 0. The Morgan fingerprint density at radius 3 is 2.41 bits per heavy atom. The number of hydrogen-bond donors (Lipinski definition) is 0. The minimum absolute atomic E-state index is 0.160. The molecule has 0 saturated heterocycles. The fourth-order valence-corrected chi connectivity index (χ4v) is 2.66. The van der Waals surface area contributed by atoms with Gasteiger partial charge in [0.25, 0.3) is 0 Å². The molecule has 0 radical (unpaired) electrons. The summed E-state index contributed by atoms with van der Waals surface area (Å²) in [5.74, 6) is 0.398. The van der Waals surface area contributed by atoms with Crippen molar-refractivity contribution in [3.05, 3.63) is 58.9 Å². The van der Waals surface area contributed by atoms with Gasteiger partial charge in [-0.15, -0.1) is 0 Å². The molecule has 0 saturated carbocycles. The number of sulfone groups is 1. The van der Waals surface area contributed by atoms with Gasteiger partial charge in [-0.3, -0.25) is 0 Å². The molecular formula is C12H9ClO3S. The Kier molecular flexibility index (Phi) is 3.36. The zero-order valence-corrected chi connectivity index (χ0v) is 10.3. The summed E-state index contributed by atoms with van der Waals surface area (Å²) < 4.78 is 28.8. The van der Waals surface area contributed by atoms with Crippen molar-refractivity contribution in [2.45, 2.75) is 4.90 Å². The van der Waals surface area contributed by atoms with E-state index in [1.165, 1.54) is 24.5 Å². The van der Waals surface area contributed by atoms with E-state index >= 15 is 0 Å². The molecule has 0 amide bonds. The lowest BCUT2D eigenvalue weighted by molar-refractivity contribution is 0.556. The van der Waals surface area contributed by atoms with Gasteiger partial charge in [0.05, 0.1) is 11.2 Å². The second kappa shape index (κ2) is 4.77. The summed E-state index contributed by atoms with van der Waals surface area (Å²) in [4.78, 5) is 0.160. The fraction of sp³-hybridized carbons (Fsp3) is 0. The van der Waals surface area contributed by atoms with Crippen molar-refractivity contribution in [1.29, 1.82) is 0 Å². The van der Waals surface area contributed by atoms with Crippen LogP contribution < -0.4 is 0 Å². The molecule has 1 aromatic carbocycles. The van der Waals surface area contributed by atoms with Gasteiger partial charge in [0.15, 0.2) is 0 Å². The second-order valence-electron chi connectivity index (χ2n) is 3.28. The molecule has 0 fully saturated rings. The maximum Gasteiger partial charge on any atom is 0.217 e. The van der Waals surface area contributed by atoms with Crippen LogP contribution >= 0.6 is 11.6 Å². The largest absolute Gasteiger partial charge is 0.465 e. The van der Waals surface area contributed by atoms with Crippen LogP contribution in [0, 0.1) is 0 Å². The summed E-state index contributed by atoms with van der Waals surface area (Å²) in [6.07, 6.45) is 2.73. The lowest BCUT2D eigenvalue weighted by atomic mass is 10.4. The zero-order valence-electron chi connectivity index (χ0n) is 8.71. The fourth-order valence-electron chi connectivity index (χ4n) is 1.28. The predicted octanol–water partition coefficient (Wildman–Crippen LogP) is 3.29. The second-order valence-corrected chi connectivity index (χ2v) is 5.83. The van der Waals surface area contributed by atoms with Crippen LogP contribution in [0.2, 0.25) is 0 Å². The van der Waals surface area contributed by atoms with Crippen LogP contribution in [0.4, 0.5) is 0 Å². The Labute approximate surface area is 104 Å². The van der Waals surface area contributed by atoms with E-state index in [1.807, 2.05) is 0 Å². The van der Waals surface area contributed by atoms with Crippen molar-refractivity contribution in [3.8, 4) is 0 Å². The summed E-state index contributed by atoms with van der Waals surface area (Å²) in [5, 5.41) is 0. The summed E-state index contributed by atoms with van der Waals surface area (Å²) in [6.45, 7) is 0. The smallest absolute Gasteiger partial charge is 0.217 e. The molecule has 3 nitrogen and oxygen atoms in total. The van der Waals surface area contributed by atoms with Crippen molar-refractivity contribution in [2.24, 2.45) is 0 Å². The van der Waals surface area contributed by atoms with Gasteiger partial charge in [-0.1, -0.05) is 29.8 Å². The molecular weight excluding hydrogens is 260 g/mol. The van der Waals surface area contributed by atoms with Crippen LogP contribution in [0.3, 0.4) is 0 Å². The molecule has 88 valence electrons. The SMILES string of the molecule is O=S(=O)(/C(Cl)=C\c1ccco1)c1ccccc1. The molecule has 5 heteroatoms. The Morgan fingerprint density at radius 2 is 1.82 bits per heavy atom. The molecule has 0 aliphatic carbocycles. The number of benzene rings is 1. The van der Waals surface area contributed by atoms with Gasteiger partial charge < -0.3 is 4.42 Å². The van der Waals surface area contributed by atoms with Crippen LogP contribution in [0.1, 0.15) is 5.76 Å². The van der Waals surface area contributed by atoms with Gasteiger partial charge in [-0.05, 0) is 24.3 Å². The molecule has 0 aliphatic heterocycles. The topological polar surface area (TPSA) is 47.3 Å². The predicted molar refractivity (Wildman–Crippen MR) is 66.2 cm³/mol. The minimum Gasteiger partial charge on any atom is -0.465 e. The molecule has 1 aromatic heterocycles. The molecule has 0 unspecified atom stereocenters. The molecule has 0 N–H and O–H groups in total. The summed E-state index contributed by atoms with van der Waals surface area (Å²) >= 11 is 5.81. The minimum atomic E-state index is -3.65. The summed E-state index contributed by atoms with van der Waals surface area (Å²) in [7, 11) is -3.65. The van der Waals surface area contributed by atoms with Crippen molar-refractivity contribution >= 4 is 27.5 Å². The van der Waals surface area contributed by atoms with Crippen molar-refractivity contribution in [3.63, 3.8) is 0 Å². The van der Waals surface area contributed by atoms with Crippen LogP contribution in [0.25, 0.3) is 6.08 Å². The molecule has 0 atom stereocenters. The number of halogens is 1. The zero-order chi connectivity index (χ0) is 12.3. The first kappa shape index (κ1) is 12.0. The van der Waals surface area contributed by atoms with E-state index in [1.54, 1.807) is 30.3 Å². The third-order valence-electron chi connectivity index (χ3n) is 2.11. The monoisotopic (exact) mass is 268 g/mol. The van der Waals surface area contributed by atoms with Crippen LogP contribution in [-0.4, -0.2) is 8.42 Å². The van der Waals surface area contributed by atoms with E-state index in [9.17, 15) is 8.42 Å². The molecule has 0 bridgehead atoms. The molecule has 0 aliphatic rings. The van der Waals surface area contributed by atoms with Crippen LogP contribution in [0.15, 0.2) is 62.4 Å². The molecule has 2 aromatic rings. The number of hydrogen-bond acceptors (Lipinski definition) is 3. The first-order chi connectivity index (χ1) is 8.10. The van der Waals surface area contributed by atoms with E-state index in [0.717, 1.165) is 0 Å². The molecule has 1 heterocycles. The first-order valence-electron chi connectivity index (χ1n) is 4.81. The Morgan fingerprint density at radius 1 is 1.12 bits per heavy atom.